The summed E-state index contributed by atoms with van der Waals surface area (Å²) in [6.07, 6.45) is 0.912. The molecule has 1 aliphatic rings. The van der Waals surface area contributed by atoms with Gasteiger partial charge in [0.25, 0.3) is 0 Å². The molecule has 1 saturated heterocycles. The third-order valence-corrected chi connectivity index (χ3v) is 3.16. The van der Waals surface area contributed by atoms with Gasteiger partial charge in [-0.25, -0.2) is 4.39 Å². The standard InChI is InChI=1S/C12H23FN2O/c1-9(2)12(14-10(3)16)5-7-15-6-4-11(13)8-15/h9,11-12H,4-8H2,1-3H3,(H,14,16). The number of hydrogen-bond donors (Lipinski definition) is 1. The molecule has 0 spiro atoms. The number of likely N-dealkylation sites (tertiary alicyclic amines) is 1. The number of hydrogen-bond acceptors (Lipinski definition) is 2. The fourth-order valence-corrected chi connectivity index (χ4v) is 2.14. The van der Waals surface area contributed by atoms with Crippen molar-refractivity contribution < 1.29 is 9.18 Å². The van der Waals surface area contributed by atoms with Gasteiger partial charge in [0.05, 0.1) is 0 Å². The Kier molecular flexibility index (Phi) is 5.19. The van der Waals surface area contributed by atoms with Crippen molar-refractivity contribution >= 4 is 5.91 Å². The number of amides is 1. The van der Waals surface area contributed by atoms with Gasteiger partial charge in [-0.05, 0) is 18.8 Å². The average molecular weight is 230 g/mol. The molecule has 0 aromatic rings. The summed E-state index contributed by atoms with van der Waals surface area (Å²) in [5.41, 5.74) is 0. The number of carbonyl (C=O) groups is 1. The molecule has 94 valence electrons. The zero-order chi connectivity index (χ0) is 12.1. The molecule has 1 N–H and O–H groups in total. The van der Waals surface area contributed by atoms with E-state index in [0.717, 1.165) is 19.5 Å². The topological polar surface area (TPSA) is 32.3 Å². The molecule has 2 atom stereocenters. The normalized spacial score (nSPS) is 23.7. The van der Waals surface area contributed by atoms with E-state index < -0.39 is 6.17 Å². The summed E-state index contributed by atoms with van der Waals surface area (Å²) in [5.74, 6) is 0.441. The first-order valence-electron chi connectivity index (χ1n) is 6.12. The number of rotatable bonds is 5. The monoisotopic (exact) mass is 230 g/mol. The quantitative estimate of drug-likeness (QED) is 0.777. The highest BCUT2D eigenvalue weighted by Crippen LogP contribution is 2.14. The summed E-state index contributed by atoms with van der Waals surface area (Å²) >= 11 is 0. The third kappa shape index (κ3) is 4.47. The van der Waals surface area contributed by atoms with Crippen molar-refractivity contribution in [3.8, 4) is 0 Å². The molecule has 0 radical (unpaired) electrons. The van der Waals surface area contributed by atoms with Crippen molar-refractivity contribution in [1.29, 1.82) is 0 Å². The van der Waals surface area contributed by atoms with Gasteiger partial charge in [0.15, 0.2) is 0 Å². The Hall–Kier alpha value is -0.640. The van der Waals surface area contributed by atoms with E-state index in [1.807, 2.05) is 0 Å². The zero-order valence-electron chi connectivity index (χ0n) is 10.5. The molecule has 3 nitrogen and oxygen atoms in total. The molecule has 1 heterocycles. The maximum atomic E-state index is 13.0. The molecule has 0 saturated carbocycles. The minimum atomic E-state index is -0.654. The Balaban J connectivity index is 2.29. The number of nitrogens with zero attached hydrogens (tertiary/aromatic N) is 1. The van der Waals surface area contributed by atoms with Crippen LogP contribution in [0.15, 0.2) is 0 Å². The first-order valence-corrected chi connectivity index (χ1v) is 6.12. The predicted molar refractivity (Wildman–Crippen MR) is 63.0 cm³/mol. The van der Waals surface area contributed by atoms with Gasteiger partial charge >= 0.3 is 0 Å². The van der Waals surface area contributed by atoms with E-state index in [-0.39, 0.29) is 11.9 Å². The minimum absolute atomic E-state index is 0.0171. The van der Waals surface area contributed by atoms with Crippen LogP contribution in [0, 0.1) is 5.92 Å². The second-order valence-electron chi connectivity index (χ2n) is 5.03. The SMILES string of the molecule is CC(=O)NC(CCN1CCC(F)C1)C(C)C. The van der Waals surface area contributed by atoms with Crippen molar-refractivity contribution in [2.75, 3.05) is 19.6 Å². The number of nitrogens with one attached hydrogen (secondary N) is 1. The molecule has 1 fully saturated rings. The lowest BCUT2D eigenvalue weighted by molar-refractivity contribution is -0.120. The molecule has 16 heavy (non-hydrogen) atoms. The lowest BCUT2D eigenvalue weighted by Crippen LogP contribution is -2.39. The van der Waals surface area contributed by atoms with E-state index in [0.29, 0.717) is 18.9 Å². The molecule has 1 amide bonds. The van der Waals surface area contributed by atoms with Crippen LogP contribution in [0.25, 0.3) is 0 Å². The van der Waals surface area contributed by atoms with Crippen LogP contribution >= 0.6 is 0 Å². The van der Waals surface area contributed by atoms with Crippen molar-refractivity contribution in [2.45, 2.75) is 45.8 Å². The molecule has 0 aliphatic carbocycles. The molecule has 0 bridgehead atoms. The van der Waals surface area contributed by atoms with E-state index >= 15 is 0 Å². The smallest absolute Gasteiger partial charge is 0.217 e. The summed E-state index contributed by atoms with van der Waals surface area (Å²) in [5, 5.41) is 2.96. The Morgan fingerprint density at radius 1 is 1.56 bits per heavy atom. The van der Waals surface area contributed by atoms with Crippen LogP contribution in [0.5, 0.6) is 0 Å². The van der Waals surface area contributed by atoms with Gasteiger partial charge in [-0.15, -0.1) is 0 Å². The summed E-state index contributed by atoms with van der Waals surface area (Å²) in [6, 6.07) is 0.205. The predicted octanol–water partition coefficient (Wildman–Crippen LogP) is 1.58. The Morgan fingerprint density at radius 2 is 2.25 bits per heavy atom. The highest BCUT2D eigenvalue weighted by Gasteiger charge is 2.23. The number of carbonyl (C=O) groups excluding carboxylic acids is 1. The highest BCUT2D eigenvalue weighted by molar-refractivity contribution is 5.73. The van der Waals surface area contributed by atoms with Crippen LogP contribution in [0.2, 0.25) is 0 Å². The first kappa shape index (κ1) is 13.4. The molecule has 0 aromatic heterocycles. The van der Waals surface area contributed by atoms with Crippen LogP contribution in [-0.4, -0.2) is 42.7 Å². The molecular weight excluding hydrogens is 207 g/mol. The van der Waals surface area contributed by atoms with Gasteiger partial charge in [-0.3, -0.25) is 4.79 Å². The van der Waals surface area contributed by atoms with Crippen molar-refractivity contribution in [2.24, 2.45) is 5.92 Å². The summed E-state index contributed by atoms with van der Waals surface area (Å²) in [6.45, 7) is 8.04. The Morgan fingerprint density at radius 3 is 2.69 bits per heavy atom. The lowest BCUT2D eigenvalue weighted by atomic mass is 10.0. The van der Waals surface area contributed by atoms with Crippen molar-refractivity contribution in [3.63, 3.8) is 0 Å². The average Bonchev–Trinajstić information content (AvgIpc) is 2.58. The Bertz CT molecular complexity index is 233. The van der Waals surface area contributed by atoms with Crippen LogP contribution < -0.4 is 5.32 Å². The van der Waals surface area contributed by atoms with E-state index in [2.05, 4.69) is 24.1 Å². The second-order valence-corrected chi connectivity index (χ2v) is 5.03. The molecule has 1 aliphatic heterocycles. The van der Waals surface area contributed by atoms with Crippen LogP contribution in [0.3, 0.4) is 0 Å². The molecule has 4 heteroatoms. The summed E-state index contributed by atoms with van der Waals surface area (Å²) < 4.78 is 13.0. The fourth-order valence-electron chi connectivity index (χ4n) is 2.14. The maximum Gasteiger partial charge on any atom is 0.217 e. The zero-order valence-corrected chi connectivity index (χ0v) is 10.5. The van der Waals surface area contributed by atoms with Gasteiger partial charge in [-0.1, -0.05) is 13.8 Å². The van der Waals surface area contributed by atoms with E-state index in [9.17, 15) is 9.18 Å². The third-order valence-electron chi connectivity index (χ3n) is 3.16. The number of halogens is 1. The summed E-state index contributed by atoms with van der Waals surface area (Å²) in [4.78, 5) is 13.2. The largest absolute Gasteiger partial charge is 0.353 e. The first-order chi connectivity index (χ1) is 7.49. The van der Waals surface area contributed by atoms with E-state index in [4.69, 9.17) is 0 Å². The van der Waals surface area contributed by atoms with Gasteiger partial charge in [0, 0.05) is 32.6 Å². The van der Waals surface area contributed by atoms with E-state index in [1.54, 1.807) is 6.92 Å². The number of alkyl halides is 1. The summed E-state index contributed by atoms with van der Waals surface area (Å²) in [7, 11) is 0. The van der Waals surface area contributed by atoms with Gasteiger partial charge in [-0.2, -0.15) is 0 Å². The lowest BCUT2D eigenvalue weighted by Gasteiger charge is -2.24. The fraction of sp³-hybridized carbons (Fsp3) is 0.917. The van der Waals surface area contributed by atoms with Gasteiger partial charge in [0.2, 0.25) is 5.91 Å². The van der Waals surface area contributed by atoms with E-state index in [1.165, 1.54) is 0 Å². The second kappa shape index (κ2) is 6.18. The Labute approximate surface area is 97.4 Å². The van der Waals surface area contributed by atoms with Crippen molar-refractivity contribution in [1.82, 2.24) is 10.2 Å². The molecule has 0 aromatic carbocycles. The van der Waals surface area contributed by atoms with Crippen LogP contribution in [-0.2, 0) is 4.79 Å². The molecule has 1 rings (SSSR count). The minimum Gasteiger partial charge on any atom is -0.353 e. The van der Waals surface area contributed by atoms with Crippen molar-refractivity contribution in [3.05, 3.63) is 0 Å². The van der Waals surface area contributed by atoms with Crippen LogP contribution in [0.1, 0.15) is 33.6 Å². The molecular formula is C12H23FN2O. The van der Waals surface area contributed by atoms with Gasteiger partial charge in [0.1, 0.15) is 6.17 Å². The van der Waals surface area contributed by atoms with Gasteiger partial charge < -0.3 is 10.2 Å². The van der Waals surface area contributed by atoms with Crippen LogP contribution in [0.4, 0.5) is 4.39 Å². The maximum absolute atomic E-state index is 13.0. The highest BCUT2D eigenvalue weighted by atomic mass is 19.1. The molecule has 2 unspecified atom stereocenters.